The quantitative estimate of drug-likeness (QED) is 0.687. The van der Waals surface area contributed by atoms with E-state index in [4.69, 9.17) is 11.6 Å². The molecule has 3 rings (SSSR count). The number of fused-ring (bicyclic) bond motifs is 1. The molecule has 146 valence electrons. The lowest BCUT2D eigenvalue weighted by Crippen LogP contribution is -2.26. The van der Waals surface area contributed by atoms with E-state index >= 15 is 0 Å². The Bertz CT molecular complexity index is 1120. The monoisotopic (exact) mass is 398 g/mol. The molecule has 0 fully saturated rings. The third kappa shape index (κ3) is 3.50. The Morgan fingerprint density at radius 2 is 1.89 bits per heavy atom. The number of benzene rings is 2. The number of rotatable bonds is 4. The summed E-state index contributed by atoms with van der Waals surface area (Å²) in [7, 11) is 1.66. The number of carbonyl (C=O) groups is 1. The average Bonchev–Trinajstić information content (AvgIpc) is 2.65. The zero-order valence-corrected chi connectivity index (χ0v) is 17.1. The number of hydrogen-bond acceptors (Lipinski definition) is 3. The lowest BCUT2D eigenvalue weighted by Gasteiger charge is -2.21. The summed E-state index contributed by atoms with van der Waals surface area (Å²) in [5, 5.41) is 11.4. The van der Waals surface area contributed by atoms with Crippen LogP contribution in [0.25, 0.3) is 10.9 Å². The molecule has 0 aliphatic carbocycles. The number of aromatic hydroxyl groups is 1. The van der Waals surface area contributed by atoms with Crippen LogP contribution in [0.15, 0.2) is 47.3 Å². The highest BCUT2D eigenvalue weighted by Crippen LogP contribution is 2.30. The van der Waals surface area contributed by atoms with Gasteiger partial charge in [-0.3, -0.25) is 9.59 Å². The second kappa shape index (κ2) is 7.68. The maximum atomic E-state index is 12.9. The summed E-state index contributed by atoms with van der Waals surface area (Å²) >= 11 is 5.86. The maximum absolute atomic E-state index is 12.9. The van der Waals surface area contributed by atoms with Crippen LogP contribution in [0.3, 0.4) is 0 Å². The highest BCUT2D eigenvalue weighted by molar-refractivity contribution is 6.31. The minimum absolute atomic E-state index is 0.0260. The fourth-order valence-electron chi connectivity index (χ4n) is 3.39. The maximum Gasteiger partial charge on any atom is 0.261 e. The summed E-state index contributed by atoms with van der Waals surface area (Å²) in [5.74, 6) is -0.338. The third-order valence-corrected chi connectivity index (χ3v) is 5.18. The summed E-state index contributed by atoms with van der Waals surface area (Å²) in [4.78, 5) is 26.8. The predicted octanol–water partition coefficient (Wildman–Crippen LogP) is 4.78. The Morgan fingerprint density at radius 3 is 2.50 bits per heavy atom. The van der Waals surface area contributed by atoms with E-state index in [9.17, 15) is 14.7 Å². The van der Waals surface area contributed by atoms with Gasteiger partial charge < -0.3 is 14.6 Å². The summed E-state index contributed by atoms with van der Waals surface area (Å²) in [6.45, 7) is 6.58. The van der Waals surface area contributed by atoms with Crippen molar-refractivity contribution in [1.29, 1.82) is 0 Å². The number of aryl methyl sites for hydroxylation is 1. The number of phenols is 1. The fraction of sp³-hybridized carbons (Fsp3) is 0.273. The van der Waals surface area contributed by atoms with Gasteiger partial charge >= 0.3 is 0 Å². The van der Waals surface area contributed by atoms with Crippen LogP contribution in [0.4, 0.5) is 5.69 Å². The second-order valence-corrected chi connectivity index (χ2v) is 7.50. The molecule has 0 saturated heterocycles. The van der Waals surface area contributed by atoms with Gasteiger partial charge in [-0.2, -0.15) is 0 Å². The summed E-state index contributed by atoms with van der Waals surface area (Å²) in [6, 6.07) is 11.7. The van der Waals surface area contributed by atoms with Gasteiger partial charge in [-0.25, -0.2) is 0 Å². The molecule has 6 heteroatoms. The summed E-state index contributed by atoms with van der Waals surface area (Å²) in [5.41, 5.74) is 2.62. The fourth-order valence-corrected chi connectivity index (χ4v) is 3.56. The number of pyridine rings is 1. The normalized spacial score (nSPS) is 11.2. The standard InChI is InChI=1S/C22H23ClN2O3/c1-5-25-19-9-7-15(11-18(19)17(13(2)3)12-21(25)27)24(4)22(28)16-8-6-14(23)10-20(16)26/h6-13,26H,5H2,1-4H3. The highest BCUT2D eigenvalue weighted by Gasteiger charge is 2.19. The van der Waals surface area contributed by atoms with Crippen molar-refractivity contribution in [3.05, 3.63) is 69.0 Å². The van der Waals surface area contributed by atoms with Crippen molar-refractivity contribution in [1.82, 2.24) is 4.57 Å². The molecule has 3 aromatic rings. The number of halogens is 1. The Balaban J connectivity index is 2.13. The van der Waals surface area contributed by atoms with Gasteiger partial charge in [-0.15, -0.1) is 0 Å². The van der Waals surface area contributed by atoms with Crippen molar-refractivity contribution in [2.75, 3.05) is 11.9 Å². The number of hydrogen-bond donors (Lipinski definition) is 1. The smallest absolute Gasteiger partial charge is 0.261 e. The van der Waals surface area contributed by atoms with Crippen LogP contribution >= 0.6 is 11.6 Å². The lowest BCUT2D eigenvalue weighted by molar-refractivity contribution is 0.0990. The molecule has 2 aromatic carbocycles. The van der Waals surface area contributed by atoms with Crippen LogP contribution in [-0.4, -0.2) is 22.6 Å². The van der Waals surface area contributed by atoms with Crippen LogP contribution in [-0.2, 0) is 6.54 Å². The first-order valence-corrected chi connectivity index (χ1v) is 9.56. The molecule has 0 aliphatic rings. The van der Waals surface area contributed by atoms with E-state index in [-0.39, 0.29) is 28.7 Å². The van der Waals surface area contributed by atoms with E-state index in [0.29, 0.717) is 17.3 Å². The van der Waals surface area contributed by atoms with E-state index in [0.717, 1.165) is 16.5 Å². The number of carbonyl (C=O) groups excluding carboxylic acids is 1. The second-order valence-electron chi connectivity index (χ2n) is 7.06. The van der Waals surface area contributed by atoms with E-state index in [1.807, 2.05) is 39.0 Å². The first-order valence-electron chi connectivity index (χ1n) is 9.18. The van der Waals surface area contributed by atoms with E-state index < -0.39 is 0 Å². The highest BCUT2D eigenvalue weighted by atomic mass is 35.5. The molecule has 0 aliphatic heterocycles. The molecule has 1 amide bonds. The number of anilines is 1. The molecular formula is C22H23ClN2O3. The van der Waals surface area contributed by atoms with Crippen molar-refractivity contribution in [2.45, 2.75) is 33.2 Å². The first-order chi connectivity index (χ1) is 13.2. The average molecular weight is 399 g/mol. The Kier molecular flexibility index (Phi) is 5.47. The Hall–Kier alpha value is -2.79. The van der Waals surface area contributed by atoms with Crippen molar-refractivity contribution >= 4 is 34.1 Å². The molecule has 1 aromatic heterocycles. The molecule has 0 spiro atoms. The van der Waals surface area contributed by atoms with E-state index in [1.54, 1.807) is 23.7 Å². The number of nitrogens with zero attached hydrogens (tertiary/aromatic N) is 2. The third-order valence-electron chi connectivity index (χ3n) is 4.95. The molecule has 1 N–H and O–H groups in total. The number of phenolic OH excluding ortho intramolecular Hbond substituents is 1. The van der Waals surface area contributed by atoms with Gasteiger partial charge in [0.1, 0.15) is 5.75 Å². The molecular weight excluding hydrogens is 376 g/mol. The minimum atomic E-state index is -0.344. The number of aromatic nitrogens is 1. The van der Waals surface area contributed by atoms with Crippen molar-refractivity contribution in [3.63, 3.8) is 0 Å². The molecule has 0 saturated carbocycles. The summed E-state index contributed by atoms with van der Waals surface area (Å²) in [6.07, 6.45) is 0. The van der Waals surface area contributed by atoms with Crippen LogP contribution < -0.4 is 10.5 Å². The van der Waals surface area contributed by atoms with Gasteiger partial charge in [-0.05, 0) is 54.8 Å². The van der Waals surface area contributed by atoms with Gasteiger partial charge in [-0.1, -0.05) is 25.4 Å². The van der Waals surface area contributed by atoms with Gasteiger partial charge in [0.25, 0.3) is 11.5 Å². The molecule has 0 unspecified atom stereocenters. The SMILES string of the molecule is CCn1c(=O)cc(C(C)C)c2cc(N(C)C(=O)c3ccc(Cl)cc3O)ccc21. The number of amides is 1. The van der Waals surface area contributed by atoms with Crippen molar-refractivity contribution in [3.8, 4) is 5.75 Å². The molecule has 5 nitrogen and oxygen atoms in total. The van der Waals surface area contributed by atoms with Crippen molar-refractivity contribution in [2.24, 2.45) is 0 Å². The molecule has 1 heterocycles. The topological polar surface area (TPSA) is 62.5 Å². The minimum Gasteiger partial charge on any atom is -0.507 e. The van der Waals surface area contributed by atoms with Crippen LogP contribution in [0.1, 0.15) is 42.6 Å². The van der Waals surface area contributed by atoms with Gasteiger partial charge in [0, 0.05) is 35.8 Å². The van der Waals surface area contributed by atoms with Crippen molar-refractivity contribution < 1.29 is 9.90 Å². The van der Waals surface area contributed by atoms with Gasteiger partial charge in [0.15, 0.2) is 0 Å². The Morgan fingerprint density at radius 1 is 1.18 bits per heavy atom. The van der Waals surface area contributed by atoms with Crippen LogP contribution in [0.5, 0.6) is 5.75 Å². The van der Waals surface area contributed by atoms with Gasteiger partial charge in [0.05, 0.1) is 11.1 Å². The largest absolute Gasteiger partial charge is 0.507 e. The molecule has 0 atom stereocenters. The van der Waals surface area contributed by atoms with Crippen LogP contribution in [0, 0.1) is 0 Å². The van der Waals surface area contributed by atoms with Gasteiger partial charge in [0.2, 0.25) is 0 Å². The predicted molar refractivity (Wildman–Crippen MR) is 114 cm³/mol. The molecule has 0 radical (unpaired) electrons. The summed E-state index contributed by atoms with van der Waals surface area (Å²) < 4.78 is 1.72. The lowest BCUT2D eigenvalue weighted by atomic mass is 9.98. The zero-order valence-electron chi connectivity index (χ0n) is 16.4. The Labute approximate surface area is 168 Å². The van der Waals surface area contributed by atoms with E-state index in [1.165, 1.54) is 17.0 Å². The zero-order chi connectivity index (χ0) is 20.6. The molecule has 0 bridgehead atoms. The molecule has 28 heavy (non-hydrogen) atoms. The first kappa shape index (κ1) is 20.0. The van der Waals surface area contributed by atoms with Crippen LogP contribution in [0.2, 0.25) is 5.02 Å². The van der Waals surface area contributed by atoms with E-state index in [2.05, 4.69) is 0 Å².